The third kappa shape index (κ3) is 11.7. The van der Waals surface area contributed by atoms with Gasteiger partial charge in [-0.05, 0) is 25.7 Å². The number of carboxylic acid groups (broad SMARTS) is 4. The van der Waals surface area contributed by atoms with Crippen LogP contribution in [0.5, 0.6) is 0 Å². The number of hydrogen-bond donors (Lipinski definition) is 9. The molecule has 1 aliphatic rings. The van der Waals surface area contributed by atoms with Crippen LogP contribution in [-0.4, -0.2) is 115 Å². The topological polar surface area (TPSA) is 326 Å². The number of nitrogens with two attached hydrogens (primary N) is 2. The van der Waals surface area contributed by atoms with Crippen LogP contribution in [0, 0.1) is 0 Å². The molecule has 0 aliphatic carbocycles. The van der Waals surface area contributed by atoms with Crippen molar-refractivity contribution in [1.29, 1.82) is 0 Å². The van der Waals surface area contributed by atoms with Gasteiger partial charge in [0.25, 0.3) is 0 Å². The number of nitrogens with one attached hydrogen (secondary N) is 3. The number of rotatable bonds is 18. The highest BCUT2D eigenvalue weighted by atomic mass is 16.4. The summed E-state index contributed by atoms with van der Waals surface area (Å²) in [6.07, 6.45) is -3.35. The van der Waals surface area contributed by atoms with Gasteiger partial charge in [0, 0.05) is 19.4 Å². The van der Waals surface area contributed by atoms with Gasteiger partial charge in [-0.2, -0.15) is 0 Å². The fourth-order valence-electron chi connectivity index (χ4n) is 4.07. The Balaban J connectivity index is 3.10. The quantitative estimate of drug-likeness (QED) is 0.0720. The lowest BCUT2D eigenvalue weighted by atomic mass is 10.1. The van der Waals surface area contributed by atoms with Crippen LogP contribution in [0.1, 0.15) is 51.4 Å². The molecule has 234 valence electrons. The lowest BCUT2D eigenvalue weighted by Crippen LogP contribution is -2.58. The molecule has 0 spiro atoms. The van der Waals surface area contributed by atoms with Gasteiger partial charge in [-0.1, -0.05) is 0 Å². The lowest BCUT2D eigenvalue weighted by molar-refractivity contribution is -0.145. The second-order valence-corrected chi connectivity index (χ2v) is 9.45. The molecule has 0 aromatic rings. The number of aliphatic carboxylic acids is 4. The van der Waals surface area contributed by atoms with E-state index in [1.54, 1.807) is 0 Å². The molecule has 1 fully saturated rings. The van der Waals surface area contributed by atoms with Crippen molar-refractivity contribution in [2.75, 3.05) is 6.54 Å². The number of likely N-dealkylation sites (tertiary alicyclic amines) is 1. The monoisotopic (exact) mass is 602 g/mol. The normalized spacial score (nSPS) is 17.2. The van der Waals surface area contributed by atoms with Gasteiger partial charge in [0.1, 0.15) is 24.2 Å². The molecule has 42 heavy (non-hydrogen) atoms. The number of nitrogens with zero attached hydrogens (tertiary/aromatic N) is 1. The van der Waals surface area contributed by atoms with E-state index in [1.807, 2.05) is 5.32 Å². The Labute approximate surface area is 237 Å². The Kier molecular flexibility index (Phi) is 13.8. The molecule has 19 nitrogen and oxygen atoms in total. The van der Waals surface area contributed by atoms with E-state index in [4.69, 9.17) is 21.7 Å². The minimum atomic E-state index is -1.88. The molecule has 0 radical (unpaired) electrons. The first-order chi connectivity index (χ1) is 19.5. The van der Waals surface area contributed by atoms with Crippen LogP contribution in [-0.2, 0) is 43.2 Å². The molecule has 1 aliphatic heterocycles. The molecule has 0 saturated carbocycles. The first-order valence-electron chi connectivity index (χ1n) is 12.7. The molecule has 5 amide bonds. The molecule has 19 heteroatoms. The van der Waals surface area contributed by atoms with E-state index in [1.165, 1.54) is 0 Å². The second kappa shape index (κ2) is 16.5. The summed E-state index contributed by atoms with van der Waals surface area (Å²) in [5, 5.41) is 42.8. The van der Waals surface area contributed by atoms with Gasteiger partial charge in [0.2, 0.25) is 29.5 Å². The summed E-state index contributed by atoms with van der Waals surface area (Å²) in [5.74, 6) is -10.9. The number of carbonyl (C=O) groups excluding carboxylic acids is 5. The van der Waals surface area contributed by atoms with Crippen LogP contribution >= 0.6 is 0 Å². The van der Waals surface area contributed by atoms with E-state index >= 15 is 0 Å². The zero-order chi connectivity index (χ0) is 32.1. The predicted octanol–water partition coefficient (Wildman–Crippen LogP) is -4.08. The molecule has 0 unspecified atom stereocenters. The van der Waals surface area contributed by atoms with Gasteiger partial charge in [0.05, 0.1) is 18.9 Å². The molecular formula is C23H34N6O13. The third-order valence-corrected chi connectivity index (χ3v) is 6.14. The number of hydrogen-bond acceptors (Lipinski definition) is 10. The van der Waals surface area contributed by atoms with Crippen molar-refractivity contribution >= 4 is 53.4 Å². The Hall–Kier alpha value is -4.81. The van der Waals surface area contributed by atoms with Crippen molar-refractivity contribution in [3.05, 3.63) is 0 Å². The molecule has 0 aromatic heterocycles. The van der Waals surface area contributed by atoms with Gasteiger partial charge in [-0.3, -0.25) is 38.4 Å². The Morgan fingerprint density at radius 2 is 1.29 bits per heavy atom. The number of amides is 5. The van der Waals surface area contributed by atoms with Crippen LogP contribution < -0.4 is 27.4 Å². The fraction of sp³-hybridized carbons (Fsp3) is 0.609. The van der Waals surface area contributed by atoms with Crippen molar-refractivity contribution < 1.29 is 63.6 Å². The van der Waals surface area contributed by atoms with Crippen molar-refractivity contribution in [2.45, 2.75) is 81.6 Å². The lowest BCUT2D eigenvalue weighted by Gasteiger charge is -2.28. The van der Waals surface area contributed by atoms with Crippen LogP contribution in [0.3, 0.4) is 0 Å². The Bertz CT molecular complexity index is 1100. The number of carboxylic acids is 4. The van der Waals surface area contributed by atoms with Crippen LogP contribution in [0.2, 0.25) is 0 Å². The van der Waals surface area contributed by atoms with E-state index in [9.17, 15) is 53.4 Å². The second-order valence-electron chi connectivity index (χ2n) is 9.45. The van der Waals surface area contributed by atoms with Crippen LogP contribution in [0.15, 0.2) is 0 Å². The van der Waals surface area contributed by atoms with E-state index in [0.717, 1.165) is 4.90 Å². The maximum Gasteiger partial charge on any atom is 0.326 e. The van der Waals surface area contributed by atoms with E-state index < -0.39 is 122 Å². The van der Waals surface area contributed by atoms with Crippen molar-refractivity contribution in [2.24, 2.45) is 11.5 Å². The van der Waals surface area contributed by atoms with Crippen molar-refractivity contribution in [1.82, 2.24) is 20.9 Å². The highest BCUT2D eigenvalue weighted by Crippen LogP contribution is 2.19. The molecule has 11 N–H and O–H groups in total. The predicted molar refractivity (Wildman–Crippen MR) is 136 cm³/mol. The summed E-state index contributed by atoms with van der Waals surface area (Å²) in [6, 6.07) is -7.83. The summed E-state index contributed by atoms with van der Waals surface area (Å²) in [4.78, 5) is 108. The first kappa shape index (κ1) is 35.2. The zero-order valence-electron chi connectivity index (χ0n) is 22.3. The minimum absolute atomic E-state index is 0.0532. The highest BCUT2D eigenvalue weighted by Gasteiger charge is 2.38. The summed E-state index contributed by atoms with van der Waals surface area (Å²) >= 11 is 0. The third-order valence-electron chi connectivity index (χ3n) is 6.14. The van der Waals surface area contributed by atoms with Crippen LogP contribution in [0.25, 0.3) is 0 Å². The highest BCUT2D eigenvalue weighted by molar-refractivity contribution is 5.97. The van der Waals surface area contributed by atoms with E-state index in [2.05, 4.69) is 10.6 Å². The van der Waals surface area contributed by atoms with Crippen molar-refractivity contribution in [3.63, 3.8) is 0 Å². The molecule has 1 saturated heterocycles. The van der Waals surface area contributed by atoms with Crippen molar-refractivity contribution in [3.8, 4) is 0 Å². The molecule has 1 rings (SSSR count). The largest absolute Gasteiger partial charge is 0.481 e. The average Bonchev–Trinajstić information content (AvgIpc) is 3.36. The number of carbonyl (C=O) groups is 9. The molecular weight excluding hydrogens is 568 g/mol. The van der Waals surface area contributed by atoms with Gasteiger partial charge >= 0.3 is 23.9 Å². The molecule has 1 heterocycles. The van der Waals surface area contributed by atoms with E-state index in [-0.39, 0.29) is 13.0 Å². The maximum absolute atomic E-state index is 13.0. The number of primary amides is 1. The molecule has 0 aromatic carbocycles. The molecule has 0 bridgehead atoms. The summed E-state index contributed by atoms with van der Waals surface area (Å²) in [5.41, 5.74) is 10.6. The van der Waals surface area contributed by atoms with Gasteiger partial charge in [-0.15, -0.1) is 0 Å². The Morgan fingerprint density at radius 3 is 1.81 bits per heavy atom. The SMILES string of the molecule is NC(=O)CC[C@H](NC(=O)[C@H](CC(=O)O)NC(=O)[C@H](CCC(=O)O)NC(=O)[C@@H]1CCCN1C(=O)[C@@H](N)CC(=O)O)C(=O)O. The van der Waals surface area contributed by atoms with Crippen LogP contribution in [0.4, 0.5) is 0 Å². The summed E-state index contributed by atoms with van der Waals surface area (Å²) in [6.45, 7) is 0.0532. The van der Waals surface area contributed by atoms with Gasteiger partial charge < -0.3 is 52.7 Å². The minimum Gasteiger partial charge on any atom is -0.481 e. The molecule has 5 atom stereocenters. The van der Waals surface area contributed by atoms with Gasteiger partial charge in [-0.25, -0.2) is 4.79 Å². The Morgan fingerprint density at radius 1 is 0.738 bits per heavy atom. The summed E-state index contributed by atoms with van der Waals surface area (Å²) < 4.78 is 0. The van der Waals surface area contributed by atoms with Gasteiger partial charge in [0.15, 0.2) is 0 Å². The zero-order valence-corrected chi connectivity index (χ0v) is 22.3. The fourth-order valence-corrected chi connectivity index (χ4v) is 4.07. The van der Waals surface area contributed by atoms with E-state index in [0.29, 0.717) is 6.42 Å². The average molecular weight is 603 g/mol. The standard InChI is InChI=1S/C23H34N6O13/c24-10(8-17(33)34)22(40)29-7-1-2-14(29)21(39)26-11(4-6-16(31)32)19(37)28-13(9-18(35)36)20(38)27-12(23(41)42)3-5-15(25)30/h10-14H,1-9,24H2,(H2,25,30)(H,26,39)(H,27,38)(H,28,37)(H,31,32)(H,33,34)(H,35,36)(H,41,42)/t10-,11-,12-,13-,14-/m0/s1. The maximum atomic E-state index is 13.0. The smallest absolute Gasteiger partial charge is 0.326 e. The first-order valence-corrected chi connectivity index (χ1v) is 12.7. The summed E-state index contributed by atoms with van der Waals surface area (Å²) in [7, 11) is 0.